The second-order valence-corrected chi connectivity index (χ2v) is 5.43. The SMILES string of the molecule is C[C@@]1(O)OCCS[C@@]1(O)C(=O)Nc1ccccc1. The zero-order valence-corrected chi connectivity index (χ0v) is 10.7. The van der Waals surface area contributed by atoms with Gasteiger partial charge in [-0.15, -0.1) is 11.8 Å². The molecule has 1 saturated heterocycles. The third-order valence-corrected chi connectivity index (χ3v) is 4.10. The summed E-state index contributed by atoms with van der Waals surface area (Å²) in [5.41, 5.74) is 0.554. The number of hydrogen-bond acceptors (Lipinski definition) is 5. The van der Waals surface area contributed by atoms with E-state index in [2.05, 4.69) is 5.32 Å². The van der Waals surface area contributed by atoms with Gasteiger partial charge in [0.2, 0.25) is 10.7 Å². The van der Waals surface area contributed by atoms with Crippen LogP contribution in [0.25, 0.3) is 0 Å². The standard InChI is InChI=1S/C12H15NO4S/c1-11(15)12(16,18-8-7-17-11)10(14)13-9-5-3-2-4-6-9/h2-6,15-16H,7-8H2,1H3,(H,13,14)/t11-,12+/m1/s1. The number of hydrogen-bond donors (Lipinski definition) is 3. The molecule has 0 aromatic heterocycles. The van der Waals surface area contributed by atoms with Crippen molar-refractivity contribution in [3.8, 4) is 0 Å². The molecule has 2 atom stereocenters. The molecule has 1 heterocycles. The number of rotatable bonds is 2. The number of nitrogens with one attached hydrogen (secondary N) is 1. The number of carbonyl (C=O) groups excluding carboxylic acids is 1. The molecule has 3 N–H and O–H groups in total. The molecule has 98 valence electrons. The van der Waals surface area contributed by atoms with Crippen molar-refractivity contribution in [1.29, 1.82) is 0 Å². The second-order valence-electron chi connectivity index (χ2n) is 4.14. The Bertz CT molecular complexity index is 437. The van der Waals surface area contributed by atoms with Crippen LogP contribution in [0.4, 0.5) is 5.69 Å². The Morgan fingerprint density at radius 1 is 1.39 bits per heavy atom. The molecule has 1 fully saturated rings. The van der Waals surface area contributed by atoms with Crippen LogP contribution in [0.1, 0.15) is 6.92 Å². The van der Waals surface area contributed by atoms with Crippen LogP contribution in [0.2, 0.25) is 0 Å². The van der Waals surface area contributed by atoms with E-state index in [1.165, 1.54) is 6.92 Å². The molecule has 1 aromatic carbocycles. The molecule has 5 nitrogen and oxygen atoms in total. The zero-order chi connectivity index (χ0) is 13.2. The second kappa shape index (κ2) is 4.89. The van der Waals surface area contributed by atoms with Gasteiger partial charge in [-0.1, -0.05) is 18.2 Å². The lowest BCUT2D eigenvalue weighted by atomic mass is 10.1. The van der Waals surface area contributed by atoms with Gasteiger partial charge in [0.1, 0.15) is 0 Å². The first-order valence-corrected chi connectivity index (χ1v) is 6.53. The number of aliphatic hydroxyl groups is 2. The Morgan fingerprint density at radius 2 is 2.06 bits per heavy atom. The fourth-order valence-corrected chi connectivity index (χ4v) is 2.65. The van der Waals surface area contributed by atoms with Gasteiger partial charge in [-0.2, -0.15) is 0 Å². The molecule has 1 amide bonds. The minimum absolute atomic E-state index is 0.290. The normalized spacial score (nSPS) is 31.9. The van der Waals surface area contributed by atoms with Crippen LogP contribution in [0.5, 0.6) is 0 Å². The minimum atomic E-state index is -2.01. The summed E-state index contributed by atoms with van der Waals surface area (Å²) in [7, 11) is 0. The van der Waals surface area contributed by atoms with Crippen molar-refractivity contribution in [2.75, 3.05) is 17.7 Å². The highest BCUT2D eigenvalue weighted by atomic mass is 32.2. The third-order valence-electron chi connectivity index (χ3n) is 2.75. The topological polar surface area (TPSA) is 78.8 Å². The Hall–Kier alpha value is -1.08. The van der Waals surface area contributed by atoms with Crippen molar-refractivity contribution in [1.82, 2.24) is 0 Å². The monoisotopic (exact) mass is 269 g/mol. The van der Waals surface area contributed by atoms with Gasteiger partial charge in [-0.3, -0.25) is 4.79 Å². The van der Waals surface area contributed by atoms with Crippen LogP contribution in [-0.2, 0) is 9.53 Å². The molecule has 6 heteroatoms. The molecular formula is C12H15NO4S. The fourth-order valence-electron chi connectivity index (χ4n) is 1.68. The number of para-hydroxylation sites is 1. The number of thioether (sulfide) groups is 1. The van der Waals surface area contributed by atoms with Crippen molar-refractivity contribution in [3.05, 3.63) is 30.3 Å². The Labute approximate surface area is 109 Å². The van der Waals surface area contributed by atoms with E-state index in [9.17, 15) is 15.0 Å². The molecule has 1 aliphatic heterocycles. The van der Waals surface area contributed by atoms with E-state index in [0.29, 0.717) is 18.0 Å². The van der Waals surface area contributed by atoms with Crippen molar-refractivity contribution < 1.29 is 19.7 Å². The van der Waals surface area contributed by atoms with Crippen LogP contribution in [-0.4, -0.2) is 39.2 Å². The van der Waals surface area contributed by atoms with Crippen molar-refractivity contribution in [2.24, 2.45) is 0 Å². The van der Waals surface area contributed by atoms with E-state index in [1.54, 1.807) is 24.3 Å². The van der Waals surface area contributed by atoms with Crippen LogP contribution in [0, 0.1) is 0 Å². The van der Waals surface area contributed by atoms with E-state index < -0.39 is 16.6 Å². The molecule has 1 aromatic rings. The van der Waals surface area contributed by atoms with Crippen molar-refractivity contribution >= 4 is 23.4 Å². The van der Waals surface area contributed by atoms with E-state index in [1.807, 2.05) is 6.07 Å². The van der Waals surface area contributed by atoms with Crippen molar-refractivity contribution in [3.63, 3.8) is 0 Å². The zero-order valence-electron chi connectivity index (χ0n) is 9.92. The Kier molecular flexibility index (Phi) is 3.63. The van der Waals surface area contributed by atoms with Crippen LogP contribution in [0.3, 0.4) is 0 Å². The van der Waals surface area contributed by atoms with Crippen LogP contribution < -0.4 is 5.32 Å². The lowest BCUT2D eigenvalue weighted by molar-refractivity contribution is -0.252. The van der Waals surface area contributed by atoms with Gasteiger partial charge in [0.05, 0.1) is 6.61 Å². The Morgan fingerprint density at radius 3 is 2.67 bits per heavy atom. The predicted octanol–water partition coefficient (Wildman–Crippen LogP) is 0.786. The molecule has 0 radical (unpaired) electrons. The first-order valence-electron chi connectivity index (χ1n) is 5.55. The maximum absolute atomic E-state index is 12.1. The van der Waals surface area contributed by atoms with Gasteiger partial charge in [-0.05, 0) is 19.1 Å². The van der Waals surface area contributed by atoms with Gasteiger partial charge >= 0.3 is 0 Å². The molecule has 0 aliphatic carbocycles. The maximum Gasteiger partial charge on any atom is 0.272 e. The molecule has 0 unspecified atom stereocenters. The number of carbonyl (C=O) groups is 1. The summed E-state index contributed by atoms with van der Waals surface area (Å²) in [6.45, 7) is 1.57. The van der Waals surface area contributed by atoms with Gasteiger partial charge in [0, 0.05) is 11.4 Å². The maximum atomic E-state index is 12.1. The first-order chi connectivity index (χ1) is 8.46. The largest absolute Gasteiger partial charge is 0.367 e. The smallest absolute Gasteiger partial charge is 0.272 e. The summed E-state index contributed by atoms with van der Waals surface area (Å²) in [6, 6.07) is 8.75. The van der Waals surface area contributed by atoms with E-state index >= 15 is 0 Å². The van der Waals surface area contributed by atoms with E-state index in [-0.39, 0.29) is 0 Å². The van der Waals surface area contributed by atoms with Crippen LogP contribution in [0.15, 0.2) is 30.3 Å². The van der Waals surface area contributed by atoms with Crippen LogP contribution >= 0.6 is 11.8 Å². The Balaban J connectivity index is 2.17. The first kappa shape index (κ1) is 13.4. The number of anilines is 1. The summed E-state index contributed by atoms with van der Waals surface area (Å²) in [5.74, 6) is -2.16. The highest BCUT2D eigenvalue weighted by molar-refractivity contribution is 8.01. The summed E-state index contributed by atoms with van der Waals surface area (Å²) in [5, 5.41) is 22.9. The minimum Gasteiger partial charge on any atom is -0.367 e. The predicted molar refractivity (Wildman–Crippen MR) is 69.1 cm³/mol. The van der Waals surface area contributed by atoms with E-state index in [4.69, 9.17) is 4.74 Å². The molecular weight excluding hydrogens is 254 g/mol. The average molecular weight is 269 g/mol. The van der Waals surface area contributed by atoms with Crippen molar-refractivity contribution in [2.45, 2.75) is 17.6 Å². The van der Waals surface area contributed by atoms with Gasteiger partial charge in [-0.25, -0.2) is 0 Å². The molecule has 1 aliphatic rings. The summed E-state index contributed by atoms with van der Waals surface area (Å²) in [4.78, 5) is 10.1. The number of benzene rings is 1. The lowest BCUT2D eigenvalue weighted by Crippen LogP contribution is -2.61. The molecule has 0 bridgehead atoms. The highest BCUT2D eigenvalue weighted by Gasteiger charge is 2.56. The fraction of sp³-hybridized carbons (Fsp3) is 0.417. The molecule has 2 rings (SSSR count). The van der Waals surface area contributed by atoms with Gasteiger partial charge in [0.15, 0.2) is 0 Å². The summed E-state index contributed by atoms with van der Waals surface area (Å²) >= 11 is 0.968. The molecule has 0 saturated carbocycles. The summed E-state index contributed by atoms with van der Waals surface area (Å²) < 4.78 is 5.06. The third kappa shape index (κ3) is 2.37. The average Bonchev–Trinajstić information content (AvgIpc) is 2.34. The van der Waals surface area contributed by atoms with Gasteiger partial charge in [0.25, 0.3) is 5.91 Å². The quantitative estimate of drug-likeness (QED) is 0.739. The van der Waals surface area contributed by atoms with Gasteiger partial charge < -0.3 is 20.3 Å². The number of amides is 1. The molecule has 0 spiro atoms. The number of ether oxygens (including phenoxy) is 1. The molecule has 18 heavy (non-hydrogen) atoms. The highest BCUT2D eigenvalue weighted by Crippen LogP contribution is 2.39. The van der Waals surface area contributed by atoms with E-state index in [0.717, 1.165) is 11.8 Å². The lowest BCUT2D eigenvalue weighted by Gasteiger charge is -2.41. The summed E-state index contributed by atoms with van der Waals surface area (Å²) in [6.07, 6.45) is 0.